The molecule has 4 heteroatoms. The predicted molar refractivity (Wildman–Crippen MR) is 52.3 cm³/mol. The molecule has 0 bridgehead atoms. The van der Waals surface area contributed by atoms with Crippen LogP contribution in [0.2, 0.25) is 0 Å². The zero-order valence-corrected chi connectivity index (χ0v) is 7.28. The monoisotopic (exact) mass is 174 g/mol. The molecule has 4 nitrogen and oxygen atoms in total. The summed E-state index contributed by atoms with van der Waals surface area (Å²) in [7, 11) is 1.60. The molecule has 1 rings (SSSR count). The van der Waals surface area contributed by atoms with Crippen molar-refractivity contribution in [3.05, 3.63) is 29.8 Å². The van der Waals surface area contributed by atoms with Gasteiger partial charge in [0, 0.05) is 12.7 Å². The molecule has 0 aliphatic rings. The standard InChI is InChI=1S/C9H10N4/c1-12-9(11)13-8-4-2-7(6-10)3-5-8/h2-5H,1H3,(H3,11,12,13). The van der Waals surface area contributed by atoms with E-state index in [0.29, 0.717) is 11.5 Å². The van der Waals surface area contributed by atoms with Crippen molar-refractivity contribution in [2.45, 2.75) is 0 Å². The van der Waals surface area contributed by atoms with Gasteiger partial charge in [0.15, 0.2) is 5.96 Å². The average molecular weight is 174 g/mol. The smallest absolute Gasteiger partial charge is 0.192 e. The highest BCUT2D eigenvalue weighted by Crippen LogP contribution is 2.07. The Morgan fingerprint density at radius 2 is 2.08 bits per heavy atom. The van der Waals surface area contributed by atoms with Gasteiger partial charge in [-0.15, -0.1) is 0 Å². The Kier molecular flexibility index (Phi) is 2.87. The van der Waals surface area contributed by atoms with Crippen LogP contribution in [0.3, 0.4) is 0 Å². The lowest BCUT2D eigenvalue weighted by molar-refractivity contribution is 1.38. The number of anilines is 1. The normalized spacial score (nSPS) is 10.6. The van der Waals surface area contributed by atoms with Gasteiger partial charge in [-0.1, -0.05) is 0 Å². The van der Waals surface area contributed by atoms with Crippen LogP contribution >= 0.6 is 0 Å². The third-order valence-corrected chi connectivity index (χ3v) is 1.53. The van der Waals surface area contributed by atoms with Crippen LogP contribution in [0.1, 0.15) is 5.56 Å². The minimum Gasteiger partial charge on any atom is -0.370 e. The maximum absolute atomic E-state index is 8.54. The van der Waals surface area contributed by atoms with Crippen LogP contribution in [0, 0.1) is 11.3 Å². The fourth-order valence-corrected chi connectivity index (χ4v) is 0.832. The van der Waals surface area contributed by atoms with E-state index in [0.717, 1.165) is 5.69 Å². The largest absolute Gasteiger partial charge is 0.370 e. The Balaban J connectivity index is 2.77. The maximum Gasteiger partial charge on any atom is 0.192 e. The van der Waals surface area contributed by atoms with Crippen LogP contribution in [0.5, 0.6) is 0 Å². The average Bonchev–Trinajstić information content (AvgIpc) is 2.19. The first-order valence-corrected chi connectivity index (χ1v) is 3.75. The quantitative estimate of drug-likeness (QED) is 0.491. The summed E-state index contributed by atoms with van der Waals surface area (Å²) < 4.78 is 0. The van der Waals surface area contributed by atoms with Crippen molar-refractivity contribution in [1.29, 1.82) is 5.26 Å². The zero-order chi connectivity index (χ0) is 9.68. The summed E-state index contributed by atoms with van der Waals surface area (Å²) in [5.74, 6) is 0.352. The summed E-state index contributed by atoms with van der Waals surface area (Å²) in [4.78, 5) is 3.74. The highest BCUT2D eigenvalue weighted by molar-refractivity contribution is 5.92. The van der Waals surface area contributed by atoms with Crippen molar-refractivity contribution in [2.75, 3.05) is 12.4 Å². The van der Waals surface area contributed by atoms with E-state index in [1.165, 1.54) is 0 Å². The maximum atomic E-state index is 8.54. The van der Waals surface area contributed by atoms with E-state index in [4.69, 9.17) is 11.0 Å². The molecule has 0 fully saturated rings. The lowest BCUT2D eigenvalue weighted by Gasteiger charge is -2.03. The van der Waals surface area contributed by atoms with Crippen molar-refractivity contribution < 1.29 is 0 Å². The first-order chi connectivity index (χ1) is 6.26. The zero-order valence-electron chi connectivity index (χ0n) is 7.28. The van der Waals surface area contributed by atoms with E-state index >= 15 is 0 Å². The first-order valence-electron chi connectivity index (χ1n) is 3.75. The number of benzene rings is 1. The van der Waals surface area contributed by atoms with E-state index in [1.54, 1.807) is 31.3 Å². The minimum absolute atomic E-state index is 0.352. The molecule has 0 atom stereocenters. The van der Waals surface area contributed by atoms with Gasteiger partial charge in [-0.3, -0.25) is 4.99 Å². The Bertz CT molecular complexity index is 345. The number of nitrogens with one attached hydrogen (secondary N) is 1. The van der Waals surface area contributed by atoms with Gasteiger partial charge >= 0.3 is 0 Å². The van der Waals surface area contributed by atoms with Crippen LogP contribution in [-0.4, -0.2) is 13.0 Å². The van der Waals surface area contributed by atoms with Crippen molar-refractivity contribution in [1.82, 2.24) is 0 Å². The minimum atomic E-state index is 0.352. The molecule has 0 saturated carbocycles. The summed E-state index contributed by atoms with van der Waals surface area (Å²) in [5.41, 5.74) is 6.89. The Hall–Kier alpha value is -2.02. The number of hydrogen-bond donors (Lipinski definition) is 2. The predicted octanol–water partition coefficient (Wildman–Crippen LogP) is 0.915. The first kappa shape index (κ1) is 9.07. The molecule has 0 unspecified atom stereocenters. The lowest BCUT2D eigenvalue weighted by Crippen LogP contribution is -2.21. The second-order valence-electron chi connectivity index (χ2n) is 2.42. The molecule has 0 aliphatic heterocycles. The van der Waals surface area contributed by atoms with Crippen molar-refractivity contribution >= 4 is 11.6 Å². The van der Waals surface area contributed by atoms with E-state index in [9.17, 15) is 0 Å². The molecule has 0 aliphatic carbocycles. The van der Waals surface area contributed by atoms with Crippen LogP contribution < -0.4 is 11.1 Å². The molecular formula is C9H10N4. The summed E-state index contributed by atoms with van der Waals surface area (Å²) >= 11 is 0. The lowest BCUT2D eigenvalue weighted by atomic mass is 10.2. The molecule has 0 amide bonds. The number of aliphatic imine (C=N–C) groups is 1. The fraction of sp³-hybridized carbons (Fsp3) is 0.111. The van der Waals surface area contributed by atoms with Crippen LogP contribution in [0.15, 0.2) is 29.3 Å². The highest BCUT2D eigenvalue weighted by Gasteiger charge is 1.93. The molecule has 0 saturated heterocycles. The summed E-state index contributed by atoms with van der Waals surface area (Å²) in [6.45, 7) is 0. The summed E-state index contributed by atoms with van der Waals surface area (Å²) in [6, 6.07) is 9.01. The second-order valence-corrected chi connectivity index (χ2v) is 2.42. The number of nitrogens with two attached hydrogens (primary N) is 1. The summed E-state index contributed by atoms with van der Waals surface area (Å²) in [6.07, 6.45) is 0. The molecule has 3 N–H and O–H groups in total. The molecule has 0 spiro atoms. The number of hydrogen-bond acceptors (Lipinski definition) is 2. The molecular weight excluding hydrogens is 164 g/mol. The van der Waals surface area contributed by atoms with Gasteiger partial charge in [0.05, 0.1) is 11.6 Å². The van der Waals surface area contributed by atoms with Gasteiger partial charge in [-0.2, -0.15) is 5.26 Å². The number of guanidine groups is 1. The number of nitriles is 1. The SMILES string of the molecule is CN=C(N)Nc1ccc(C#N)cc1. The van der Waals surface area contributed by atoms with Crippen LogP contribution in [0.4, 0.5) is 5.69 Å². The van der Waals surface area contributed by atoms with Gasteiger partial charge < -0.3 is 11.1 Å². The Morgan fingerprint density at radius 3 is 2.54 bits per heavy atom. The summed E-state index contributed by atoms with van der Waals surface area (Å²) in [5, 5.41) is 11.4. The van der Waals surface area contributed by atoms with E-state index in [2.05, 4.69) is 10.3 Å². The van der Waals surface area contributed by atoms with Crippen molar-refractivity contribution in [3.63, 3.8) is 0 Å². The highest BCUT2D eigenvalue weighted by atomic mass is 15.1. The third-order valence-electron chi connectivity index (χ3n) is 1.53. The van der Waals surface area contributed by atoms with Crippen molar-refractivity contribution in [3.8, 4) is 6.07 Å². The molecule has 0 radical (unpaired) electrons. The van der Waals surface area contributed by atoms with Gasteiger partial charge in [-0.05, 0) is 24.3 Å². The number of rotatable bonds is 1. The Morgan fingerprint density at radius 1 is 1.46 bits per heavy atom. The van der Waals surface area contributed by atoms with E-state index in [-0.39, 0.29) is 0 Å². The third kappa shape index (κ3) is 2.49. The fourth-order valence-electron chi connectivity index (χ4n) is 0.832. The van der Waals surface area contributed by atoms with Crippen molar-refractivity contribution in [2.24, 2.45) is 10.7 Å². The van der Waals surface area contributed by atoms with Crippen LogP contribution in [0.25, 0.3) is 0 Å². The van der Waals surface area contributed by atoms with Crippen LogP contribution in [-0.2, 0) is 0 Å². The number of nitrogens with zero attached hydrogens (tertiary/aromatic N) is 2. The molecule has 66 valence electrons. The molecule has 0 aromatic heterocycles. The van der Waals surface area contributed by atoms with E-state index in [1.807, 2.05) is 6.07 Å². The van der Waals surface area contributed by atoms with Gasteiger partial charge in [-0.25, -0.2) is 0 Å². The molecule has 1 aromatic carbocycles. The van der Waals surface area contributed by atoms with Gasteiger partial charge in [0.25, 0.3) is 0 Å². The van der Waals surface area contributed by atoms with E-state index < -0.39 is 0 Å². The molecule has 1 aromatic rings. The topological polar surface area (TPSA) is 74.2 Å². The van der Waals surface area contributed by atoms with Gasteiger partial charge in [0.2, 0.25) is 0 Å². The molecule has 0 heterocycles. The Labute approximate surface area is 76.7 Å². The van der Waals surface area contributed by atoms with Gasteiger partial charge in [0.1, 0.15) is 0 Å². The second kappa shape index (κ2) is 4.12. The molecule has 13 heavy (non-hydrogen) atoms.